The van der Waals surface area contributed by atoms with Gasteiger partial charge < -0.3 is 10.5 Å². The molecule has 1 aromatic rings. The van der Waals surface area contributed by atoms with Crippen LogP contribution in [0.15, 0.2) is 18.2 Å². The second kappa shape index (κ2) is 3.56. The topological polar surface area (TPSA) is 35.2 Å². The fourth-order valence-electron chi connectivity index (χ4n) is 1.58. The summed E-state index contributed by atoms with van der Waals surface area (Å²) < 4.78 is 5.54. The van der Waals surface area contributed by atoms with E-state index in [1.807, 2.05) is 18.2 Å². The summed E-state index contributed by atoms with van der Waals surface area (Å²) in [6.45, 7) is 0.752. The minimum absolute atomic E-state index is 0.0659. The number of hydrogen-bond acceptors (Lipinski definition) is 2. The van der Waals surface area contributed by atoms with Crippen molar-refractivity contribution in [1.29, 1.82) is 0 Å². The molecule has 0 amide bonds. The molecule has 1 unspecified atom stereocenters. The predicted octanol–water partition coefficient (Wildman–Crippen LogP) is 2.51. The highest BCUT2D eigenvalue weighted by molar-refractivity contribution is 6.30. The maximum Gasteiger partial charge on any atom is 0.124 e. The molecule has 70 valence electrons. The second-order valence-electron chi connectivity index (χ2n) is 3.28. The van der Waals surface area contributed by atoms with Crippen LogP contribution >= 0.6 is 11.6 Å². The van der Waals surface area contributed by atoms with Crippen molar-refractivity contribution < 1.29 is 4.74 Å². The fourth-order valence-corrected chi connectivity index (χ4v) is 1.76. The van der Waals surface area contributed by atoms with Crippen LogP contribution in [0.25, 0.3) is 0 Å². The highest BCUT2D eigenvalue weighted by Crippen LogP contribution is 2.31. The average Bonchev–Trinajstić information content (AvgIpc) is 2.29. The van der Waals surface area contributed by atoms with Crippen LogP contribution in [0, 0.1) is 0 Å². The molecule has 2 nitrogen and oxygen atoms in total. The molecule has 0 spiro atoms. The molecule has 1 aliphatic heterocycles. The van der Waals surface area contributed by atoms with Crippen LogP contribution in [0.2, 0.25) is 5.02 Å². The van der Waals surface area contributed by atoms with Gasteiger partial charge in [0.15, 0.2) is 0 Å². The first-order valence-corrected chi connectivity index (χ1v) is 4.83. The zero-order valence-corrected chi connectivity index (χ0v) is 8.05. The third-order valence-electron chi connectivity index (χ3n) is 2.29. The van der Waals surface area contributed by atoms with Gasteiger partial charge in [-0.2, -0.15) is 0 Å². The summed E-state index contributed by atoms with van der Waals surface area (Å²) in [4.78, 5) is 0. The maximum atomic E-state index is 5.98. The smallest absolute Gasteiger partial charge is 0.124 e. The molecule has 1 heterocycles. The molecule has 1 aliphatic rings. The lowest BCUT2D eigenvalue weighted by molar-refractivity contribution is 0.316. The summed E-state index contributed by atoms with van der Waals surface area (Å²) in [5.41, 5.74) is 7.01. The summed E-state index contributed by atoms with van der Waals surface area (Å²) in [5.74, 6) is 0.884. The van der Waals surface area contributed by atoms with E-state index in [0.29, 0.717) is 0 Å². The molecule has 2 N–H and O–H groups in total. The van der Waals surface area contributed by atoms with E-state index in [-0.39, 0.29) is 6.04 Å². The maximum absolute atomic E-state index is 5.98. The average molecular weight is 198 g/mol. The molecule has 0 aliphatic carbocycles. The van der Waals surface area contributed by atoms with E-state index in [4.69, 9.17) is 22.1 Å². The van der Waals surface area contributed by atoms with E-state index in [1.165, 1.54) is 0 Å². The zero-order valence-electron chi connectivity index (χ0n) is 7.29. The normalized spacial score (nSPS) is 21.5. The molecular weight excluding hydrogens is 186 g/mol. The molecule has 2 rings (SSSR count). The number of nitrogens with two attached hydrogens (primary N) is 1. The van der Waals surface area contributed by atoms with Gasteiger partial charge in [-0.15, -0.1) is 0 Å². The standard InChI is InChI=1S/C10H12ClNO/c11-7-3-4-10-8(6-7)9(12)2-1-5-13-10/h3-4,6,9H,1-2,5,12H2. The molecule has 1 atom stereocenters. The van der Waals surface area contributed by atoms with E-state index < -0.39 is 0 Å². The number of halogens is 1. The van der Waals surface area contributed by atoms with Gasteiger partial charge in [-0.3, -0.25) is 0 Å². The minimum Gasteiger partial charge on any atom is -0.493 e. The largest absolute Gasteiger partial charge is 0.493 e. The minimum atomic E-state index is 0.0659. The Balaban J connectivity index is 2.43. The molecule has 0 saturated carbocycles. The van der Waals surface area contributed by atoms with Gasteiger partial charge in [-0.1, -0.05) is 11.6 Å². The van der Waals surface area contributed by atoms with Crippen molar-refractivity contribution >= 4 is 11.6 Å². The van der Waals surface area contributed by atoms with Gasteiger partial charge in [0, 0.05) is 16.6 Å². The zero-order chi connectivity index (χ0) is 9.26. The van der Waals surface area contributed by atoms with Gasteiger partial charge >= 0.3 is 0 Å². The van der Waals surface area contributed by atoms with Crippen LogP contribution in [0.4, 0.5) is 0 Å². The van der Waals surface area contributed by atoms with Crippen LogP contribution in [0.5, 0.6) is 5.75 Å². The van der Waals surface area contributed by atoms with Gasteiger partial charge in [0.2, 0.25) is 0 Å². The van der Waals surface area contributed by atoms with Crippen LogP contribution < -0.4 is 10.5 Å². The van der Waals surface area contributed by atoms with Gasteiger partial charge in [0.1, 0.15) is 5.75 Å². The lowest BCUT2D eigenvalue weighted by atomic mass is 10.0. The summed E-state index contributed by atoms with van der Waals surface area (Å²) in [6, 6.07) is 5.69. The molecule has 0 saturated heterocycles. The Morgan fingerprint density at radius 2 is 2.31 bits per heavy atom. The van der Waals surface area contributed by atoms with Gasteiger partial charge in [0.05, 0.1) is 6.61 Å². The molecule has 1 aromatic carbocycles. The second-order valence-corrected chi connectivity index (χ2v) is 3.72. The molecule has 13 heavy (non-hydrogen) atoms. The number of benzene rings is 1. The predicted molar refractivity (Wildman–Crippen MR) is 53.1 cm³/mol. The van der Waals surface area contributed by atoms with Gasteiger partial charge in [0.25, 0.3) is 0 Å². The Kier molecular flexibility index (Phi) is 2.42. The van der Waals surface area contributed by atoms with Crippen molar-refractivity contribution in [2.24, 2.45) is 5.73 Å². The van der Waals surface area contributed by atoms with Crippen LogP contribution in [0.1, 0.15) is 24.4 Å². The summed E-state index contributed by atoms with van der Waals surface area (Å²) in [6.07, 6.45) is 1.97. The Morgan fingerprint density at radius 3 is 3.15 bits per heavy atom. The van der Waals surface area contributed by atoms with Gasteiger partial charge in [-0.25, -0.2) is 0 Å². The van der Waals surface area contributed by atoms with Gasteiger partial charge in [-0.05, 0) is 31.0 Å². The first kappa shape index (κ1) is 8.85. The van der Waals surface area contributed by atoms with E-state index in [0.717, 1.165) is 35.8 Å². The Hall–Kier alpha value is -0.730. The lowest BCUT2D eigenvalue weighted by Gasteiger charge is -2.11. The number of hydrogen-bond donors (Lipinski definition) is 1. The van der Waals surface area contributed by atoms with Crippen LogP contribution in [0.3, 0.4) is 0 Å². The summed E-state index contributed by atoms with van der Waals surface area (Å²) in [7, 11) is 0. The van der Waals surface area contributed by atoms with E-state index in [2.05, 4.69) is 0 Å². The van der Waals surface area contributed by atoms with E-state index >= 15 is 0 Å². The number of rotatable bonds is 0. The van der Waals surface area contributed by atoms with Crippen molar-refractivity contribution in [3.63, 3.8) is 0 Å². The van der Waals surface area contributed by atoms with E-state index in [9.17, 15) is 0 Å². The van der Waals surface area contributed by atoms with Crippen molar-refractivity contribution in [3.8, 4) is 5.75 Å². The molecule has 3 heteroatoms. The fraction of sp³-hybridized carbons (Fsp3) is 0.400. The molecule has 0 fully saturated rings. The van der Waals surface area contributed by atoms with Crippen molar-refractivity contribution in [2.45, 2.75) is 18.9 Å². The summed E-state index contributed by atoms with van der Waals surface area (Å²) >= 11 is 5.88. The Labute approximate surface area is 82.6 Å². The van der Waals surface area contributed by atoms with Crippen LogP contribution in [-0.4, -0.2) is 6.61 Å². The lowest BCUT2D eigenvalue weighted by Crippen LogP contribution is -2.08. The first-order valence-electron chi connectivity index (χ1n) is 4.45. The van der Waals surface area contributed by atoms with Crippen LogP contribution in [-0.2, 0) is 0 Å². The SMILES string of the molecule is NC1CCCOc2ccc(Cl)cc21. The quantitative estimate of drug-likeness (QED) is 0.694. The third kappa shape index (κ3) is 1.79. The first-order chi connectivity index (χ1) is 6.27. The van der Waals surface area contributed by atoms with Crippen molar-refractivity contribution in [2.75, 3.05) is 6.61 Å². The number of fused-ring (bicyclic) bond motifs is 1. The monoisotopic (exact) mass is 197 g/mol. The molecule has 0 radical (unpaired) electrons. The van der Waals surface area contributed by atoms with Crippen molar-refractivity contribution in [3.05, 3.63) is 28.8 Å². The molecular formula is C10H12ClNO. The third-order valence-corrected chi connectivity index (χ3v) is 2.52. The molecule has 0 bridgehead atoms. The van der Waals surface area contributed by atoms with Crippen molar-refractivity contribution in [1.82, 2.24) is 0 Å². The molecule has 0 aromatic heterocycles. The highest BCUT2D eigenvalue weighted by Gasteiger charge is 2.15. The Bertz CT molecular complexity index is 314. The highest BCUT2D eigenvalue weighted by atomic mass is 35.5. The Morgan fingerprint density at radius 1 is 1.46 bits per heavy atom. The summed E-state index contributed by atoms with van der Waals surface area (Å²) in [5, 5.41) is 0.722. The van der Waals surface area contributed by atoms with E-state index in [1.54, 1.807) is 0 Å². The number of ether oxygens (including phenoxy) is 1.